The van der Waals surface area contributed by atoms with E-state index >= 15 is 0 Å². The fourth-order valence-electron chi connectivity index (χ4n) is 4.36. The molecule has 2 fully saturated rings. The number of nitrogens with one attached hydrogen (secondary N) is 1. The highest BCUT2D eigenvalue weighted by Crippen LogP contribution is 2.34. The van der Waals surface area contributed by atoms with Gasteiger partial charge in [-0.2, -0.15) is 0 Å². The Bertz CT molecular complexity index is 796. The fourth-order valence-corrected chi connectivity index (χ4v) is 5.84. The van der Waals surface area contributed by atoms with Gasteiger partial charge < -0.3 is 14.6 Å². The van der Waals surface area contributed by atoms with Gasteiger partial charge in [0.15, 0.2) is 11.0 Å². The molecule has 1 saturated heterocycles. The normalized spacial score (nSPS) is 19.9. The van der Waals surface area contributed by atoms with E-state index in [-0.39, 0.29) is 11.4 Å². The molecule has 0 radical (unpaired) electrons. The van der Waals surface area contributed by atoms with E-state index in [2.05, 4.69) is 20.4 Å². The molecule has 0 spiro atoms. The smallest absolute Gasteiger partial charge is 0.230 e. The van der Waals surface area contributed by atoms with Crippen LogP contribution >= 0.6 is 23.1 Å². The Morgan fingerprint density at radius 3 is 2.79 bits per heavy atom. The maximum atomic E-state index is 12.6. The van der Waals surface area contributed by atoms with Gasteiger partial charge in [0, 0.05) is 32.2 Å². The van der Waals surface area contributed by atoms with Crippen LogP contribution in [0.25, 0.3) is 10.7 Å². The maximum Gasteiger partial charge on any atom is 0.230 e. The predicted octanol–water partition coefficient (Wildman–Crippen LogP) is 2.79. The third kappa shape index (κ3) is 4.84. The van der Waals surface area contributed by atoms with Crippen LogP contribution < -0.4 is 5.32 Å². The Kier molecular flexibility index (Phi) is 6.89. The second-order valence-electron chi connectivity index (χ2n) is 7.79. The van der Waals surface area contributed by atoms with Crippen LogP contribution in [-0.4, -0.2) is 69.7 Å². The van der Waals surface area contributed by atoms with Gasteiger partial charge in [-0.05, 0) is 24.3 Å². The average molecular weight is 436 g/mol. The van der Waals surface area contributed by atoms with Crippen LogP contribution in [0.2, 0.25) is 0 Å². The maximum absolute atomic E-state index is 12.6. The van der Waals surface area contributed by atoms with Gasteiger partial charge in [0.2, 0.25) is 5.91 Å². The van der Waals surface area contributed by atoms with Crippen molar-refractivity contribution in [1.29, 1.82) is 0 Å². The first-order chi connectivity index (χ1) is 14.2. The summed E-state index contributed by atoms with van der Waals surface area (Å²) < 4.78 is 7.50. The molecule has 0 atom stereocenters. The zero-order valence-corrected chi connectivity index (χ0v) is 18.6. The molecule has 4 rings (SSSR count). The third-order valence-corrected chi connectivity index (χ3v) is 7.88. The highest BCUT2D eigenvalue weighted by atomic mass is 32.2. The van der Waals surface area contributed by atoms with Crippen molar-refractivity contribution >= 4 is 29.0 Å². The van der Waals surface area contributed by atoms with E-state index in [4.69, 9.17) is 4.74 Å². The summed E-state index contributed by atoms with van der Waals surface area (Å²) in [5.74, 6) is 1.26. The summed E-state index contributed by atoms with van der Waals surface area (Å²) in [6.45, 7) is 4.25. The quantitative estimate of drug-likeness (QED) is 0.675. The Morgan fingerprint density at radius 2 is 2.07 bits per heavy atom. The van der Waals surface area contributed by atoms with Gasteiger partial charge in [-0.1, -0.05) is 37.1 Å². The number of hydrogen-bond acceptors (Lipinski definition) is 7. The van der Waals surface area contributed by atoms with Crippen molar-refractivity contribution < 1.29 is 9.53 Å². The topological polar surface area (TPSA) is 72.3 Å². The van der Waals surface area contributed by atoms with Crippen molar-refractivity contribution in [3.05, 3.63) is 17.5 Å². The van der Waals surface area contributed by atoms with Gasteiger partial charge in [-0.25, -0.2) is 0 Å². The summed E-state index contributed by atoms with van der Waals surface area (Å²) >= 11 is 3.08. The number of carbonyl (C=O) groups excluding carboxylic acids is 1. The van der Waals surface area contributed by atoms with Gasteiger partial charge in [0.25, 0.3) is 0 Å². The average Bonchev–Trinajstić information content (AvgIpc) is 3.42. The SMILES string of the molecule is Cn1c(SCC(=O)NCC2(N3CCOCC3)CCCCC2)nnc1-c1cccs1. The number of nitrogens with zero attached hydrogens (tertiary/aromatic N) is 4. The van der Waals surface area contributed by atoms with Crippen molar-refractivity contribution in [3.63, 3.8) is 0 Å². The Balaban J connectivity index is 1.32. The van der Waals surface area contributed by atoms with Crippen molar-refractivity contribution in [2.75, 3.05) is 38.6 Å². The summed E-state index contributed by atoms with van der Waals surface area (Å²) in [4.78, 5) is 16.2. The zero-order chi connectivity index (χ0) is 20.1. The molecule has 1 saturated carbocycles. The standard InChI is InChI=1S/C20H29N5O2S2/c1-24-18(16-6-5-13-28-16)22-23-19(24)29-14-17(26)21-15-20(7-3-2-4-8-20)25-9-11-27-12-10-25/h5-6,13H,2-4,7-12,14-15H2,1H3,(H,21,26). The highest BCUT2D eigenvalue weighted by Gasteiger charge is 2.38. The number of carbonyl (C=O) groups is 1. The number of aromatic nitrogens is 3. The van der Waals surface area contributed by atoms with E-state index in [0.717, 1.165) is 61.5 Å². The van der Waals surface area contributed by atoms with Gasteiger partial charge in [-0.15, -0.1) is 21.5 Å². The van der Waals surface area contributed by atoms with Crippen LogP contribution in [0.3, 0.4) is 0 Å². The first kappa shape index (κ1) is 20.8. The molecule has 9 heteroatoms. The van der Waals surface area contributed by atoms with Crippen LogP contribution in [0.15, 0.2) is 22.7 Å². The Labute approximate surface area is 180 Å². The van der Waals surface area contributed by atoms with Gasteiger partial charge >= 0.3 is 0 Å². The lowest BCUT2D eigenvalue weighted by Gasteiger charge is -2.48. The number of thiophene rings is 1. The predicted molar refractivity (Wildman–Crippen MR) is 116 cm³/mol. The van der Waals surface area contributed by atoms with E-state index in [1.165, 1.54) is 31.0 Å². The van der Waals surface area contributed by atoms with Crippen molar-refractivity contribution in [1.82, 2.24) is 25.0 Å². The van der Waals surface area contributed by atoms with Gasteiger partial charge in [-0.3, -0.25) is 9.69 Å². The summed E-state index contributed by atoms with van der Waals surface area (Å²) in [6.07, 6.45) is 6.11. The molecule has 0 aromatic carbocycles. The van der Waals surface area contributed by atoms with E-state index in [1.54, 1.807) is 11.3 Å². The van der Waals surface area contributed by atoms with Crippen LogP contribution in [0.5, 0.6) is 0 Å². The molecule has 1 aliphatic carbocycles. The minimum atomic E-state index is 0.0638. The first-order valence-electron chi connectivity index (χ1n) is 10.3. The summed E-state index contributed by atoms with van der Waals surface area (Å²) in [5.41, 5.74) is 0.0967. The first-order valence-corrected chi connectivity index (χ1v) is 12.2. The molecule has 2 aliphatic rings. The minimum Gasteiger partial charge on any atom is -0.379 e. The molecule has 7 nitrogen and oxygen atoms in total. The molecule has 1 N–H and O–H groups in total. The fraction of sp³-hybridized carbons (Fsp3) is 0.650. The van der Waals surface area contributed by atoms with Crippen LogP contribution in [0.1, 0.15) is 32.1 Å². The molecule has 3 heterocycles. The van der Waals surface area contributed by atoms with Crippen molar-refractivity contribution in [2.24, 2.45) is 7.05 Å². The van der Waals surface area contributed by atoms with E-state index < -0.39 is 0 Å². The number of ether oxygens (including phenoxy) is 1. The van der Waals surface area contributed by atoms with Crippen molar-refractivity contribution in [2.45, 2.75) is 42.8 Å². The van der Waals surface area contributed by atoms with Gasteiger partial charge in [0.1, 0.15) is 0 Å². The number of morpholine rings is 1. The number of hydrogen-bond donors (Lipinski definition) is 1. The molecular formula is C20H29N5O2S2. The second-order valence-corrected chi connectivity index (χ2v) is 9.68. The third-order valence-electron chi connectivity index (χ3n) is 5.99. The van der Waals surface area contributed by atoms with Crippen molar-refractivity contribution in [3.8, 4) is 10.7 Å². The molecule has 0 unspecified atom stereocenters. The molecule has 1 aliphatic heterocycles. The van der Waals surface area contributed by atoms with Gasteiger partial charge in [0.05, 0.1) is 23.8 Å². The highest BCUT2D eigenvalue weighted by molar-refractivity contribution is 7.99. The number of amides is 1. The second kappa shape index (κ2) is 9.59. The summed E-state index contributed by atoms with van der Waals surface area (Å²) in [6, 6.07) is 4.04. The molecule has 0 bridgehead atoms. The molecule has 158 valence electrons. The van der Waals surface area contributed by atoms with E-state index in [1.807, 2.05) is 29.1 Å². The monoisotopic (exact) mass is 435 g/mol. The molecule has 1 amide bonds. The summed E-state index contributed by atoms with van der Waals surface area (Å²) in [5, 5.41) is 14.6. The lowest BCUT2D eigenvalue weighted by Crippen LogP contribution is -2.59. The van der Waals surface area contributed by atoms with E-state index in [9.17, 15) is 4.79 Å². The van der Waals surface area contributed by atoms with Crippen LogP contribution in [0.4, 0.5) is 0 Å². The lowest BCUT2D eigenvalue weighted by atomic mass is 9.79. The number of thioether (sulfide) groups is 1. The Hall–Kier alpha value is -1.42. The molecule has 29 heavy (non-hydrogen) atoms. The van der Waals surface area contributed by atoms with Crippen LogP contribution in [0, 0.1) is 0 Å². The minimum absolute atomic E-state index is 0.0638. The lowest BCUT2D eigenvalue weighted by molar-refractivity contribution is -0.119. The number of rotatable bonds is 7. The molecular weight excluding hydrogens is 406 g/mol. The Morgan fingerprint density at radius 1 is 1.28 bits per heavy atom. The van der Waals surface area contributed by atoms with Crippen LogP contribution in [-0.2, 0) is 16.6 Å². The molecule has 2 aromatic rings. The largest absolute Gasteiger partial charge is 0.379 e. The zero-order valence-electron chi connectivity index (χ0n) is 16.9. The molecule has 2 aromatic heterocycles. The van der Waals surface area contributed by atoms with E-state index in [0.29, 0.717) is 5.75 Å². The summed E-state index contributed by atoms with van der Waals surface area (Å²) in [7, 11) is 1.95.